The first-order valence-corrected chi connectivity index (χ1v) is 15.1. The summed E-state index contributed by atoms with van der Waals surface area (Å²) in [7, 11) is 3.66. The van der Waals surface area contributed by atoms with Gasteiger partial charge in [-0.3, -0.25) is 10.3 Å². The molecule has 4 bridgehead atoms. The first-order chi connectivity index (χ1) is 19.5. The van der Waals surface area contributed by atoms with E-state index in [1.165, 1.54) is 36.9 Å². The largest absolute Gasteiger partial charge is 0.493 e. The summed E-state index contributed by atoms with van der Waals surface area (Å²) < 4.78 is 26.1. The Labute approximate surface area is 236 Å². The third-order valence-electron chi connectivity index (χ3n) is 11.8. The van der Waals surface area contributed by atoms with Crippen molar-refractivity contribution in [3.8, 4) is 11.5 Å². The van der Waals surface area contributed by atoms with Gasteiger partial charge in [-0.1, -0.05) is 24.3 Å². The minimum atomic E-state index is -0.398. The first kappa shape index (κ1) is 25.1. The molecular formula is C33H41N3O4. The van der Waals surface area contributed by atoms with Crippen LogP contribution in [-0.2, 0) is 27.9 Å². The van der Waals surface area contributed by atoms with Crippen molar-refractivity contribution in [3.05, 3.63) is 58.7 Å². The van der Waals surface area contributed by atoms with Gasteiger partial charge in [0.25, 0.3) is 0 Å². The predicted molar refractivity (Wildman–Crippen MR) is 152 cm³/mol. The molecular weight excluding hydrogens is 502 g/mol. The van der Waals surface area contributed by atoms with E-state index in [1.54, 1.807) is 7.11 Å². The molecule has 2 heterocycles. The van der Waals surface area contributed by atoms with E-state index in [9.17, 15) is 0 Å². The summed E-state index contributed by atoms with van der Waals surface area (Å²) in [6.07, 6.45) is 8.27. The number of methoxy groups -OCH3 is 2. The maximum Gasteiger partial charge on any atom is 0.165 e. The number of nitrogen functional groups attached to an aromatic ring is 1. The summed E-state index contributed by atoms with van der Waals surface area (Å²) in [5, 5.41) is 7.79. The second kappa shape index (κ2) is 8.70. The van der Waals surface area contributed by atoms with Crippen molar-refractivity contribution in [3.63, 3.8) is 0 Å². The number of likely N-dealkylation sites (tertiary alicyclic amines) is 1. The average molecular weight is 544 g/mol. The Kier molecular flexibility index (Phi) is 5.46. The molecule has 3 N–H and O–H groups in total. The smallest absolute Gasteiger partial charge is 0.165 e. The molecule has 2 aromatic carbocycles. The summed E-state index contributed by atoms with van der Waals surface area (Å²) in [6, 6.07) is 12.8. The van der Waals surface area contributed by atoms with Gasteiger partial charge in [0.1, 0.15) is 17.5 Å². The van der Waals surface area contributed by atoms with Gasteiger partial charge in [-0.05, 0) is 80.7 Å². The normalized spacial score (nSPS) is 36.7. The number of ether oxygens (including phenoxy) is 4. The second-order valence-electron chi connectivity index (χ2n) is 13.4. The lowest BCUT2D eigenvalue weighted by atomic mass is 9.35. The van der Waals surface area contributed by atoms with E-state index >= 15 is 0 Å². The van der Waals surface area contributed by atoms with Crippen LogP contribution in [0.25, 0.3) is 0 Å². The standard InChI is InChI=1S/C33H41N3O4/c1-37-25-9-8-22-15-26-31-10-11-33(38-2,24(16-31)19-39-18-21-4-3-5-23(14-21)29(34)35)30-32(31,27(22)28(25)40-30)12-13-36(26)17-20-6-7-20/h3-5,8-9,14,20,24,26,30H,6-7,10-13,15-19H2,1-2H3,(H3,34,35)/t24-,26-,30-,31?,32?,33?/m1/s1. The molecule has 6 atom stereocenters. The summed E-state index contributed by atoms with van der Waals surface area (Å²) in [6.45, 7) is 3.52. The van der Waals surface area contributed by atoms with Crippen molar-refractivity contribution >= 4 is 5.84 Å². The van der Waals surface area contributed by atoms with E-state index in [2.05, 4.69) is 17.0 Å². The molecule has 9 rings (SSSR count). The number of nitrogens with zero attached hydrogens (tertiary/aromatic N) is 1. The van der Waals surface area contributed by atoms with Gasteiger partial charge < -0.3 is 24.7 Å². The van der Waals surface area contributed by atoms with Gasteiger partial charge in [-0.2, -0.15) is 0 Å². The number of benzene rings is 2. The number of nitrogens with two attached hydrogens (primary N) is 1. The molecule has 4 saturated carbocycles. The third-order valence-corrected chi connectivity index (χ3v) is 11.8. The fourth-order valence-corrected chi connectivity index (χ4v) is 10.0. The molecule has 2 aromatic rings. The Morgan fingerprint density at radius 2 is 2.02 bits per heavy atom. The molecule has 0 radical (unpaired) electrons. The summed E-state index contributed by atoms with van der Waals surface area (Å²) in [4.78, 5) is 2.88. The number of hydrogen-bond acceptors (Lipinski definition) is 6. The van der Waals surface area contributed by atoms with E-state index in [0.717, 1.165) is 60.8 Å². The molecule has 1 saturated heterocycles. The van der Waals surface area contributed by atoms with E-state index in [-0.39, 0.29) is 28.7 Å². The zero-order chi connectivity index (χ0) is 27.3. The molecule has 3 unspecified atom stereocenters. The van der Waals surface area contributed by atoms with Crippen LogP contribution < -0.4 is 15.2 Å². The topological polar surface area (TPSA) is 90.0 Å². The molecule has 5 aliphatic carbocycles. The van der Waals surface area contributed by atoms with Crippen LogP contribution in [0.15, 0.2) is 36.4 Å². The zero-order valence-electron chi connectivity index (χ0n) is 23.7. The van der Waals surface area contributed by atoms with Crippen LogP contribution in [0.2, 0.25) is 0 Å². The Morgan fingerprint density at radius 3 is 2.80 bits per heavy atom. The number of piperidine rings is 1. The van der Waals surface area contributed by atoms with Gasteiger partial charge in [-0.25, -0.2) is 0 Å². The highest BCUT2D eigenvalue weighted by Gasteiger charge is 2.80. The summed E-state index contributed by atoms with van der Waals surface area (Å²) >= 11 is 0. The minimum absolute atomic E-state index is 0.0296. The minimum Gasteiger partial charge on any atom is -0.493 e. The highest BCUT2D eigenvalue weighted by molar-refractivity contribution is 5.95. The van der Waals surface area contributed by atoms with E-state index in [1.807, 2.05) is 31.4 Å². The van der Waals surface area contributed by atoms with Gasteiger partial charge >= 0.3 is 0 Å². The lowest BCUT2D eigenvalue weighted by molar-refractivity contribution is -0.283. The number of rotatable bonds is 9. The van der Waals surface area contributed by atoms with E-state index in [0.29, 0.717) is 19.3 Å². The van der Waals surface area contributed by atoms with Crippen LogP contribution in [0.1, 0.15) is 60.8 Å². The van der Waals surface area contributed by atoms with Crippen LogP contribution in [0.3, 0.4) is 0 Å². The molecule has 212 valence electrons. The fraction of sp³-hybridized carbons (Fsp3) is 0.606. The van der Waals surface area contributed by atoms with E-state index < -0.39 is 5.60 Å². The van der Waals surface area contributed by atoms with Crippen LogP contribution in [0, 0.1) is 22.7 Å². The van der Waals surface area contributed by atoms with Gasteiger partial charge in [0.2, 0.25) is 0 Å². The Morgan fingerprint density at radius 1 is 1.15 bits per heavy atom. The van der Waals surface area contributed by atoms with Crippen molar-refractivity contribution in [2.24, 2.45) is 23.0 Å². The number of nitrogens with one attached hydrogen (secondary N) is 1. The maximum atomic E-state index is 7.79. The van der Waals surface area contributed by atoms with Crippen molar-refractivity contribution in [1.29, 1.82) is 5.41 Å². The second-order valence-corrected chi connectivity index (χ2v) is 13.4. The SMILES string of the molecule is COc1ccc2c3c1O[C@H]1C4(OC)CCC5(C[C@@H]4COCc4cccc(C(=N)N)c4)[C@@H](C2)N(CC2CC2)CCC315. The summed E-state index contributed by atoms with van der Waals surface area (Å²) in [5.74, 6) is 3.05. The zero-order valence-corrected chi connectivity index (χ0v) is 23.7. The van der Waals surface area contributed by atoms with Crippen molar-refractivity contribution in [2.45, 2.75) is 74.7 Å². The van der Waals surface area contributed by atoms with Crippen molar-refractivity contribution in [2.75, 3.05) is 33.9 Å². The first-order valence-electron chi connectivity index (χ1n) is 15.1. The van der Waals surface area contributed by atoms with Crippen LogP contribution in [0.4, 0.5) is 0 Å². The van der Waals surface area contributed by atoms with Gasteiger partial charge in [0, 0.05) is 47.6 Å². The molecule has 5 fully saturated rings. The molecule has 2 aliphatic heterocycles. The van der Waals surface area contributed by atoms with Crippen molar-refractivity contribution < 1.29 is 18.9 Å². The molecule has 40 heavy (non-hydrogen) atoms. The monoisotopic (exact) mass is 543 g/mol. The lowest BCUT2D eigenvalue weighted by Gasteiger charge is -2.74. The number of fused-ring (bicyclic) bond motifs is 2. The van der Waals surface area contributed by atoms with Crippen molar-refractivity contribution in [1.82, 2.24) is 4.90 Å². The van der Waals surface area contributed by atoms with Gasteiger partial charge in [0.15, 0.2) is 11.5 Å². The molecule has 7 nitrogen and oxygen atoms in total. The van der Waals surface area contributed by atoms with Crippen LogP contribution in [-0.4, -0.2) is 62.4 Å². The predicted octanol–water partition coefficient (Wildman–Crippen LogP) is 4.42. The third kappa shape index (κ3) is 3.14. The Balaban J connectivity index is 1.18. The highest BCUT2D eigenvalue weighted by atomic mass is 16.6. The molecule has 2 spiro atoms. The lowest BCUT2D eigenvalue weighted by Crippen LogP contribution is -2.81. The highest BCUT2D eigenvalue weighted by Crippen LogP contribution is 2.76. The van der Waals surface area contributed by atoms with Crippen LogP contribution >= 0.6 is 0 Å². The van der Waals surface area contributed by atoms with Gasteiger partial charge in [-0.15, -0.1) is 0 Å². The Hall–Kier alpha value is -2.61. The quantitative estimate of drug-likeness (QED) is 0.360. The Bertz CT molecular complexity index is 1380. The van der Waals surface area contributed by atoms with Crippen LogP contribution in [0.5, 0.6) is 11.5 Å². The molecule has 7 aliphatic rings. The maximum absolute atomic E-state index is 7.79. The molecule has 0 amide bonds. The summed E-state index contributed by atoms with van der Waals surface area (Å²) in [5.41, 5.74) is 10.1. The average Bonchev–Trinajstić information content (AvgIpc) is 3.71. The fourth-order valence-electron chi connectivity index (χ4n) is 10.0. The van der Waals surface area contributed by atoms with Gasteiger partial charge in [0.05, 0.1) is 20.3 Å². The molecule has 0 aromatic heterocycles. The number of hydrogen-bond donors (Lipinski definition) is 2. The molecule has 7 heteroatoms. The van der Waals surface area contributed by atoms with E-state index in [4.69, 9.17) is 30.1 Å². The number of amidine groups is 1.